The van der Waals surface area contributed by atoms with Crippen molar-refractivity contribution in [3.8, 4) is 5.75 Å². The summed E-state index contributed by atoms with van der Waals surface area (Å²) in [6.45, 7) is 3.84. The third-order valence-electron chi connectivity index (χ3n) is 8.52. The second-order valence-electron chi connectivity index (χ2n) is 11.0. The number of hydrogen-bond acceptors (Lipinski definition) is 6. The maximum Gasteiger partial charge on any atom is 0.240 e. The van der Waals surface area contributed by atoms with Crippen LogP contribution in [0.2, 0.25) is 0 Å². The average molecular weight is 558 g/mol. The Labute approximate surface area is 233 Å². The molecule has 0 bridgehead atoms. The van der Waals surface area contributed by atoms with E-state index in [0.717, 1.165) is 37.7 Å². The number of aliphatic hydroxyl groups excluding tert-OH is 1. The number of nitrogens with one attached hydrogen (secondary N) is 2. The van der Waals surface area contributed by atoms with Crippen molar-refractivity contribution in [2.24, 2.45) is 5.41 Å². The molecule has 0 aromatic heterocycles. The number of ether oxygens (including phenoxy) is 1. The van der Waals surface area contributed by atoms with Gasteiger partial charge in [-0.3, -0.25) is 4.79 Å². The van der Waals surface area contributed by atoms with E-state index < -0.39 is 22.2 Å². The molecule has 1 amide bonds. The number of sulfonamides is 1. The minimum atomic E-state index is -3.62. The van der Waals surface area contributed by atoms with Crippen LogP contribution in [0.5, 0.6) is 5.75 Å². The number of hydrogen-bond donors (Lipinski definition) is 3. The zero-order chi connectivity index (χ0) is 27.9. The monoisotopic (exact) mass is 557 g/mol. The predicted molar refractivity (Wildman–Crippen MR) is 152 cm³/mol. The Kier molecular flexibility index (Phi) is 10.0. The van der Waals surface area contributed by atoms with Crippen molar-refractivity contribution >= 4 is 15.9 Å². The predicted octanol–water partition coefficient (Wildman–Crippen LogP) is 3.50. The maximum absolute atomic E-state index is 13.4. The van der Waals surface area contributed by atoms with Crippen molar-refractivity contribution in [2.45, 2.75) is 81.4 Å². The van der Waals surface area contributed by atoms with Crippen LogP contribution in [0.4, 0.5) is 0 Å². The number of rotatable bonds is 12. The van der Waals surface area contributed by atoms with E-state index >= 15 is 0 Å². The lowest BCUT2D eigenvalue weighted by atomic mass is 9.82. The van der Waals surface area contributed by atoms with Crippen LogP contribution in [-0.2, 0) is 21.2 Å². The van der Waals surface area contributed by atoms with Crippen molar-refractivity contribution in [1.29, 1.82) is 0 Å². The van der Waals surface area contributed by atoms with Crippen molar-refractivity contribution in [3.63, 3.8) is 0 Å². The summed E-state index contributed by atoms with van der Waals surface area (Å²) in [5.41, 5.74) is 0.749. The Bertz CT molecular complexity index is 1160. The highest BCUT2D eigenvalue weighted by Crippen LogP contribution is 2.41. The van der Waals surface area contributed by atoms with E-state index in [1.165, 1.54) is 0 Å². The van der Waals surface area contributed by atoms with Crippen LogP contribution in [-0.4, -0.2) is 69.3 Å². The van der Waals surface area contributed by atoms with Gasteiger partial charge in [0.25, 0.3) is 0 Å². The van der Waals surface area contributed by atoms with E-state index in [2.05, 4.69) is 21.9 Å². The summed E-state index contributed by atoms with van der Waals surface area (Å²) in [6, 6.07) is 15.8. The van der Waals surface area contributed by atoms with Gasteiger partial charge in [-0.05, 0) is 81.4 Å². The van der Waals surface area contributed by atoms with Gasteiger partial charge >= 0.3 is 0 Å². The van der Waals surface area contributed by atoms with Gasteiger partial charge in [-0.15, -0.1) is 0 Å². The Morgan fingerprint density at radius 3 is 2.31 bits per heavy atom. The number of nitrogens with zero attached hydrogens (tertiary/aromatic N) is 1. The first-order chi connectivity index (χ1) is 18.7. The topological polar surface area (TPSA) is 108 Å². The lowest BCUT2D eigenvalue weighted by Crippen LogP contribution is -2.54. The smallest absolute Gasteiger partial charge is 0.240 e. The first-order valence-electron chi connectivity index (χ1n) is 14.2. The van der Waals surface area contributed by atoms with Gasteiger partial charge in [-0.1, -0.05) is 50.1 Å². The number of carbonyl (C=O) groups is 1. The fourth-order valence-electron chi connectivity index (χ4n) is 5.93. The van der Waals surface area contributed by atoms with E-state index in [-0.39, 0.29) is 22.3 Å². The number of piperidine rings is 1. The average Bonchev–Trinajstić information content (AvgIpc) is 3.45. The van der Waals surface area contributed by atoms with Gasteiger partial charge in [0, 0.05) is 18.0 Å². The molecule has 3 N–H and O–H groups in total. The van der Waals surface area contributed by atoms with Crippen LogP contribution >= 0.6 is 0 Å². The molecular weight excluding hydrogens is 514 g/mol. The molecule has 1 saturated heterocycles. The van der Waals surface area contributed by atoms with Crippen LogP contribution in [0.1, 0.15) is 57.4 Å². The fraction of sp³-hybridized carbons (Fsp3) is 0.567. The molecule has 2 aliphatic rings. The molecule has 0 radical (unpaired) electrons. The highest BCUT2D eigenvalue weighted by Gasteiger charge is 2.41. The van der Waals surface area contributed by atoms with Gasteiger partial charge in [-0.25, -0.2) is 13.1 Å². The molecule has 2 fully saturated rings. The molecule has 39 heavy (non-hydrogen) atoms. The molecule has 2 atom stereocenters. The zero-order valence-corrected chi connectivity index (χ0v) is 24.0. The van der Waals surface area contributed by atoms with Gasteiger partial charge in [0.1, 0.15) is 5.75 Å². The fourth-order valence-corrected chi connectivity index (χ4v) is 7.24. The van der Waals surface area contributed by atoms with Crippen LogP contribution in [0.15, 0.2) is 59.5 Å². The zero-order valence-electron chi connectivity index (χ0n) is 23.1. The number of methoxy groups -OCH3 is 1. The van der Waals surface area contributed by atoms with E-state index in [0.29, 0.717) is 44.6 Å². The molecule has 2 aromatic rings. The first kappa shape index (κ1) is 29.5. The highest BCUT2D eigenvalue weighted by molar-refractivity contribution is 7.89. The van der Waals surface area contributed by atoms with Gasteiger partial charge < -0.3 is 20.1 Å². The number of β-amino-alcohol motifs (C(OH)–C–C–N with tert-alkyl or cyclic N) is 1. The molecule has 0 spiro atoms. The van der Waals surface area contributed by atoms with E-state index in [4.69, 9.17) is 4.74 Å². The molecule has 8 nitrogen and oxygen atoms in total. The van der Waals surface area contributed by atoms with E-state index in [1.54, 1.807) is 31.4 Å². The normalized spacial score (nSPS) is 19.9. The molecular formula is C30H43N3O5S. The standard InChI is InChI=1S/C30H43N3O5S/c1-3-30(17-7-8-18-30)29(35)31-27(21-23-9-5-4-6-10-23)28(34)22-33-19-15-24(16-20-33)32-39(36,37)26-13-11-25(38-2)12-14-26/h4-6,9-14,24,27-28,32,34H,3,7-8,15-22H2,1-2H3,(H,31,35)/t27-,28-/m0/s1. The molecule has 1 heterocycles. The first-order valence-corrected chi connectivity index (χ1v) is 15.6. The van der Waals surface area contributed by atoms with Crippen molar-refractivity contribution < 1.29 is 23.1 Å². The number of amides is 1. The Morgan fingerprint density at radius 2 is 1.72 bits per heavy atom. The van der Waals surface area contributed by atoms with Gasteiger partial charge in [0.2, 0.25) is 15.9 Å². The van der Waals surface area contributed by atoms with Crippen LogP contribution in [0.3, 0.4) is 0 Å². The highest BCUT2D eigenvalue weighted by atomic mass is 32.2. The van der Waals surface area contributed by atoms with E-state index in [9.17, 15) is 18.3 Å². The van der Waals surface area contributed by atoms with Gasteiger partial charge in [0.05, 0.1) is 24.2 Å². The number of carbonyl (C=O) groups excluding carboxylic acids is 1. The maximum atomic E-state index is 13.4. The molecule has 1 aliphatic carbocycles. The third-order valence-corrected chi connectivity index (χ3v) is 10.1. The largest absolute Gasteiger partial charge is 0.497 e. The lowest BCUT2D eigenvalue weighted by molar-refractivity contribution is -0.132. The molecule has 1 saturated carbocycles. The second-order valence-corrected chi connectivity index (χ2v) is 12.8. The molecule has 1 aliphatic heterocycles. The van der Waals surface area contributed by atoms with E-state index in [1.807, 2.05) is 30.3 Å². The molecule has 0 unspecified atom stereocenters. The summed E-state index contributed by atoms with van der Waals surface area (Å²) in [5, 5.41) is 14.6. The third kappa shape index (κ3) is 7.60. The Hall–Kier alpha value is -2.46. The van der Waals surface area contributed by atoms with Crippen LogP contribution in [0, 0.1) is 5.41 Å². The summed E-state index contributed by atoms with van der Waals surface area (Å²) in [7, 11) is -2.08. The van der Waals surface area contributed by atoms with Crippen molar-refractivity contribution in [2.75, 3.05) is 26.7 Å². The quantitative estimate of drug-likeness (QED) is 0.369. The van der Waals surface area contributed by atoms with Gasteiger partial charge in [-0.2, -0.15) is 0 Å². The SMILES string of the molecule is CCC1(C(=O)N[C@@H](Cc2ccccc2)[C@@H](O)CN2CCC(NS(=O)(=O)c3ccc(OC)cc3)CC2)CCCC1. The number of benzene rings is 2. The van der Waals surface area contributed by atoms with Crippen LogP contribution in [0.25, 0.3) is 0 Å². The minimum Gasteiger partial charge on any atom is -0.497 e. The lowest BCUT2D eigenvalue weighted by Gasteiger charge is -2.36. The molecule has 2 aromatic carbocycles. The number of likely N-dealkylation sites (tertiary alicyclic amines) is 1. The summed E-state index contributed by atoms with van der Waals surface area (Å²) < 4.78 is 33.6. The summed E-state index contributed by atoms with van der Waals surface area (Å²) >= 11 is 0. The van der Waals surface area contributed by atoms with Crippen molar-refractivity contribution in [3.05, 3.63) is 60.2 Å². The summed E-state index contributed by atoms with van der Waals surface area (Å²) in [4.78, 5) is 15.8. The van der Waals surface area contributed by atoms with Crippen molar-refractivity contribution in [1.82, 2.24) is 14.9 Å². The molecule has 9 heteroatoms. The van der Waals surface area contributed by atoms with Gasteiger partial charge in [0.15, 0.2) is 0 Å². The number of aliphatic hydroxyl groups is 1. The minimum absolute atomic E-state index is 0.0640. The Morgan fingerprint density at radius 1 is 1.08 bits per heavy atom. The molecule has 4 rings (SSSR count). The molecule has 214 valence electrons. The summed E-state index contributed by atoms with van der Waals surface area (Å²) in [5.74, 6) is 0.671. The van der Waals surface area contributed by atoms with Crippen LogP contribution < -0.4 is 14.8 Å². The summed E-state index contributed by atoms with van der Waals surface area (Å²) in [6.07, 6.45) is 5.89. The Balaban J connectivity index is 1.34. The second kappa shape index (κ2) is 13.3.